The second kappa shape index (κ2) is 10.5. The third kappa shape index (κ3) is 6.58. The molecule has 0 radical (unpaired) electrons. The summed E-state index contributed by atoms with van der Waals surface area (Å²) in [5.74, 6) is 0. The number of hydrogen-bond donors (Lipinski definition) is 0. The molecule has 164 valence electrons. The van der Waals surface area contributed by atoms with Crippen molar-refractivity contribution in [3.05, 3.63) is 0 Å². The predicted molar refractivity (Wildman–Crippen MR) is 119 cm³/mol. The standard InChI is InChI=1S/C22H43N3O2S/c1-18(28-5)27-21-16-20(17-21)26-15-14-23-10-12-24(13-11-23)19-6-8-25(9-7-19)22(2,3)4/h18-21H,6-17H2,1-5H3/t18?,20-,21-. The molecule has 0 aromatic carbocycles. The maximum Gasteiger partial charge on any atom is 0.100 e. The van der Waals surface area contributed by atoms with Crippen molar-refractivity contribution in [3.8, 4) is 0 Å². The average Bonchev–Trinajstić information content (AvgIpc) is 2.65. The quantitative estimate of drug-likeness (QED) is 0.568. The van der Waals surface area contributed by atoms with Gasteiger partial charge in [-0.1, -0.05) is 0 Å². The van der Waals surface area contributed by atoms with E-state index in [9.17, 15) is 0 Å². The maximum absolute atomic E-state index is 6.07. The van der Waals surface area contributed by atoms with Crippen LogP contribution in [0.15, 0.2) is 0 Å². The smallest absolute Gasteiger partial charge is 0.100 e. The molecule has 3 rings (SSSR count). The lowest BCUT2D eigenvalue weighted by atomic mass is 9.92. The van der Waals surface area contributed by atoms with Gasteiger partial charge in [0.05, 0.1) is 18.8 Å². The van der Waals surface area contributed by atoms with E-state index in [4.69, 9.17) is 9.47 Å². The molecule has 3 fully saturated rings. The highest BCUT2D eigenvalue weighted by atomic mass is 32.2. The van der Waals surface area contributed by atoms with Crippen molar-refractivity contribution in [2.75, 3.05) is 58.7 Å². The number of hydrogen-bond acceptors (Lipinski definition) is 6. The molecular weight excluding hydrogens is 370 g/mol. The summed E-state index contributed by atoms with van der Waals surface area (Å²) >= 11 is 1.78. The zero-order chi connectivity index (χ0) is 20.1. The highest BCUT2D eigenvalue weighted by Gasteiger charge is 2.33. The van der Waals surface area contributed by atoms with Crippen molar-refractivity contribution < 1.29 is 9.47 Å². The monoisotopic (exact) mass is 413 g/mol. The van der Waals surface area contributed by atoms with E-state index >= 15 is 0 Å². The van der Waals surface area contributed by atoms with Crippen molar-refractivity contribution in [1.29, 1.82) is 0 Å². The van der Waals surface area contributed by atoms with E-state index in [1.807, 2.05) is 0 Å². The first kappa shape index (κ1) is 22.8. The van der Waals surface area contributed by atoms with E-state index in [0.717, 1.165) is 32.0 Å². The Morgan fingerprint density at radius 2 is 1.61 bits per heavy atom. The summed E-state index contributed by atoms with van der Waals surface area (Å²) in [6.45, 7) is 18.5. The van der Waals surface area contributed by atoms with Gasteiger partial charge in [-0.05, 0) is 46.8 Å². The van der Waals surface area contributed by atoms with Gasteiger partial charge in [0.2, 0.25) is 0 Å². The van der Waals surface area contributed by atoms with Crippen LogP contribution in [-0.2, 0) is 9.47 Å². The molecule has 0 spiro atoms. The molecule has 0 amide bonds. The predicted octanol–water partition coefficient (Wildman–Crippen LogP) is 3.14. The van der Waals surface area contributed by atoms with Gasteiger partial charge >= 0.3 is 0 Å². The number of rotatable bonds is 8. The van der Waals surface area contributed by atoms with Crippen LogP contribution in [0.1, 0.15) is 53.4 Å². The van der Waals surface area contributed by atoms with Crippen LogP contribution in [0.4, 0.5) is 0 Å². The van der Waals surface area contributed by atoms with Crippen LogP contribution in [0.2, 0.25) is 0 Å². The largest absolute Gasteiger partial charge is 0.377 e. The first-order chi connectivity index (χ1) is 13.3. The van der Waals surface area contributed by atoms with Gasteiger partial charge in [0, 0.05) is 70.2 Å². The summed E-state index contributed by atoms with van der Waals surface area (Å²) in [4.78, 5) is 7.98. The number of thioether (sulfide) groups is 1. The molecule has 0 N–H and O–H groups in total. The Bertz CT molecular complexity index is 451. The fourth-order valence-electron chi connectivity index (χ4n) is 4.69. The van der Waals surface area contributed by atoms with E-state index in [2.05, 4.69) is 48.7 Å². The van der Waals surface area contributed by atoms with Gasteiger partial charge in [-0.3, -0.25) is 14.7 Å². The van der Waals surface area contributed by atoms with Crippen molar-refractivity contribution in [3.63, 3.8) is 0 Å². The van der Waals surface area contributed by atoms with Crippen LogP contribution in [0.3, 0.4) is 0 Å². The summed E-state index contributed by atoms with van der Waals surface area (Å²) in [5.41, 5.74) is 0.631. The first-order valence-corrected chi connectivity index (χ1v) is 12.6. The fraction of sp³-hybridized carbons (Fsp3) is 1.00. The van der Waals surface area contributed by atoms with Gasteiger partial charge in [-0.2, -0.15) is 0 Å². The Labute approximate surface area is 177 Å². The summed E-state index contributed by atoms with van der Waals surface area (Å²) < 4.78 is 12.0. The van der Waals surface area contributed by atoms with Gasteiger partial charge in [-0.15, -0.1) is 11.8 Å². The molecule has 0 bridgehead atoms. The van der Waals surface area contributed by atoms with E-state index in [1.54, 1.807) is 11.8 Å². The number of piperidine rings is 1. The highest BCUT2D eigenvalue weighted by Crippen LogP contribution is 2.29. The van der Waals surface area contributed by atoms with Gasteiger partial charge in [-0.25, -0.2) is 0 Å². The second-order valence-electron chi connectivity index (χ2n) is 9.79. The zero-order valence-electron chi connectivity index (χ0n) is 18.9. The molecule has 2 heterocycles. The Balaban J connectivity index is 1.24. The van der Waals surface area contributed by atoms with E-state index in [1.165, 1.54) is 52.1 Å². The molecule has 5 nitrogen and oxygen atoms in total. The summed E-state index contributed by atoms with van der Waals surface area (Å²) in [6, 6.07) is 0.799. The zero-order valence-corrected chi connectivity index (χ0v) is 19.7. The maximum atomic E-state index is 6.07. The molecule has 6 heteroatoms. The summed E-state index contributed by atoms with van der Waals surface area (Å²) in [6.07, 6.45) is 7.76. The number of piperazine rings is 1. The van der Waals surface area contributed by atoms with E-state index in [0.29, 0.717) is 23.2 Å². The molecule has 1 saturated carbocycles. The minimum Gasteiger partial charge on any atom is -0.377 e. The average molecular weight is 414 g/mol. The Morgan fingerprint density at radius 1 is 0.964 bits per heavy atom. The SMILES string of the molecule is CSC(C)O[C@H]1C[C@H](OCCN2CCN(C3CCN(C(C)(C)C)CC3)CC2)C1. The lowest BCUT2D eigenvalue weighted by Gasteiger charge is -2.46. The van der Waals surface area contributed by atoms with Crippen molar-refractivity contribution in [1.82, 2.24) is 14.7 Å². The number of ether oxygens (including phenoxy) is 2. The summed E-state index contributed by atoms with van der Waals surface area (Å²) in [5, 5.41) is 0. The van der Waals surface area contributed by atoms with Crippen LogP contribution in [0, 0.1) is 0 Å². The number of likely N-dealkylation sites (tertiary alicyclic amines) is 1. The lowest BCUT2D eigenvalue weighted by Crippen LogP contribution is -2.55. The van der Waals surface area contributed by atoms with Gasteiger partial charge in [0.1, 0.15) is 5.44 Å². The third-order valence-corrected chi connectivity index (χ3v) is 7.64. The highest BCUT2D eigenvalue weighted by molar-refractivity contribution is 7.99. The van der Waals surface area contributed by atoms with Crippen molar-refractivity contribution in [2.45, 2.75) is 82.6 Å². The molecule has 1 atom stereocenters. The molecule has 1 aliphatic carbocycles. The molecule has 2 saturated heterocycles. The van der Waals surface area contributed by atoms with Crippen molar-refractivity contribution in [2.24, 2.45) is 0 Å². The lowest BCUT2D eigenvalue weighted by molar-refractivity contribution is -0.108. The third-order valence-electron chi connectivity index (χ3n) is 6.87. The van der Waals surface area contributed by atoms with Gasteiger partial charge in [0.15, 0.2) is 0 Å². The van der Waals surface area contributed by atoms with E-state index in [-0.39, 0.29) is 0 Å². The molecular formula is C22H43N3O2S. The Morgan fingerprint density at radius 3 is 2.18 bits per heavy atom. The van der Waals surface area contributed by atoms with Crippen LogP contribution >= 0.6 is 11.8 Å². The minimum atomic E-state index is 0.308. The Hall–Kier alpha value is 0.150. The minimum absolute atomic E-state index is 0.308. The van der Waals surface area contributed by atoms with Crippen LogP contribution in [0.25, 0.3) is 0 Å². The Kier molecular flexibility index (Phi) is 8.52. The fourth-order valence-corrected chi connectivity index (χ4v) is 4.96. The molecule has 0 aromatic heterocycles. The summed E-state index contributed by atoms with van der Waals surface area (Å²) in [7, 11) is 0. The van der Waals surface area contributed by atoms with E-state index < -0.39 is 0 Å². The van der Waals surface area contributed by atoms with Crippen LogP contribution < -0.4 is 0 Å². The van der Waals surface area contributed by atoms with Crippen LogP contribution in [-0.4, -0.2) is 103 Å². The molecule has 1 unspecified atom stereocenters. The second-order valence-corrected chi connectivity index (χ2v) is 10.9. The van der Waals surface area contributed by atoms with Gasteiger partial charge in [0.25, 0.3) is 0 Å². The van der Waals surface area contributed by atoms with Gasteiger partial charge < -0.3 is 9.47 Å². The molecule has 3 aliphatic rings. The molecule has 0 aromatic rings. The normalized spacial score (nSPS) is 30.3. The first-order valence-electron chi connectivity index (χ1n) is 11.4. The molecule has 2 aliphatic heterocycles. The number of nitrogens with zero attached hydrogens (tertiary/aromatic N) is 3. The topological polar surface area (TPSA) is 28.2 Å². The van der Waals surface area contributed by atoms with Crippen LogP contribution in [0.5, 0.6) is 0 Å². The van der Waals surface area contributed by atoms with Crippen molar-refractivity contribution >= 4 is 11.8 Å². The molecule has 28 heavy (non-hydrogen) atoms.